The molecule has 0 amide bonds. The van der Waals surface area contributed by atoms with Crippen molar-refractivity contribution in [3.05, 3.63) is 12.2 Å². The zero-order valence-electron chi connectivity index (χ0n) is 14.4. The van der Waals surface area contributed by atoms with E-state index in [4.69, 9.17) is 13.3 Å². The predicted molar refractivity (Wildman–Crippen MR) is 88.3 cm³/mol. The number of carbonyl (C=O) groups excluding carboxylic acids is 1. The van der Waals surface area contributed by atoms with Crippen LogP contribution < -0.4 is 0 Å². The van der Waals surface area contributed by atoms with Crippen molar-refractivity contribution in [2.24, 2.45) is 0 Å². The van der Waals surface area contributed by atoms with Crippen LogP contribution >= 0.6 is 0 Å². The molecule has 0 aromatic carbocycles. The van der Waals surface area contributed by atoms with Gasteiger partial charge in [-0.3, -0.25) is 4.79 Å². The van der Waals surface area contributed by atoms with Crippen molar-refractivity contribution >= 4 is 14.6 Å². The fourth-order valence-electron chi connectivity index (χ4n) is 2.05. The molecule has 0 rings (SSSR count). The second-order valence-corrected chi connectivity index (χ2v) is 8.02. The second kappa shape index (κ2) is 11.1. The molecule has 1 unspecified atom stereocenters. The summed E-state index contributed by atoms with van der Waals surface area (Å²) in [5.41, 5.74) is 0.193. The molecule has 0 aliphatic rings. The van der Waals surface area contributed by atoms with E-state index in [2.05, 4.69) is 6.58 Å². The fraction of sp³-hybridized carbons (Fsp3) is 0.812. The van der Waals surface area contributed by atoms with Gasteiger partial charge in [0.05, 0.1) is 5.54 Å². The molecule has 1 atom stereocenters. The minimum absolute atomic E-state index is 0.00692. The van der Waals surface area contributed by atoms with Gasteiger partial charge in [0, 0.05) is 19.8 Å². The Bertz CT molecular complexity index is 296. The molecule has 0 bridgehead atoms. The smallest absolute Gasteiger partial charge is 0.373 e. The lowest BCUT2D eigenvalue weighted by molar-refractivity contribution is -0.117. The van der Waals surface area contributed by atoms with Crippen molar-refractivity contribution in [3.63, 3.8) is 0 Å². The van der Waals surface area contributed by atoms with Crippen LogP contribution in [-0.2, 0) is 18.1 Å². The van der Waals surface area contributed by atoms with Crippen LogP contribution in [0.25, 0.3) is 0 Å². The summed E-state index contributed by atoms with van der Waals surface area (Å²) in [6.07, 6.45) is 3.27. The van der Waals surface area contributed by atoms with Crippen molar-refractivity contribution < 1.29 is 18.1 Å². The van der Waals surface area contributed by atoms with Gasteiger partial charge in [-0.1, -0.05) is 34.3 Å². The number of hydrogen-bond acceptors (Lipinski definition) is 4. The van der Waals surface area contributed by atoms with Crippen LogP contribution in [0, 0.1) is 0 Å². The molecule has 4 nitrogen and oxygen atoms in total. The molecular formula is C16H32O4Si. The molecule has 0 aliphatic carbocycles. The van der Waals surface area contributed by atoms with E-state index in [1.54, 1.807) is 6.92 Å². The molecule has 5 heteroatoms. The summed E-state index contributed by atoms with van der Waals surface area (Å²) in [4.78, 5) is 12.5. The van der Waals surface area contributed by atoms with Crippen LogP contribution in [0.2, 0.25) is 5.54 Å². The van der Waals surface area contributed by atoms with Crippen LogP contribution in [0.1, 0.15) is 60.3 Å². The Kier molecular flexibility index (Phi) is 10.9. The Morgan fingerprint density at radius 3 is 1.57 bits per heavy atom. The maximum absolute atomic E-state index is 12.5. The molecule has 0 fully saturated rings. The van der Waals surface area contributed by atoms with Crippen molar-refractivity contribution in [1.82, 2.24) is 0 Å². The highest BCUT2D eigenvalue weighted by Crippen LogP contribution is 2.32. The van der Waals surface area contributed by atoms with Gasteiger partial charge in [-0.2, -0.15) is 0 Å². The Balaban J connectivity index is 5.41. The van der Waals surface area contributed by atoms with Crippen LogP contribution in [0.5, 0.6) is 0 Å². The lowest BCUT2D eigenvalue weighted by Gasteiger charge is -2.35. The van der Waals surface area contributed by atoms with Gasteiger partial charge in [-0.15, -0.1) is 0 Å². The van der Waals surface area contributed by atoms with Gasteiger partial charge in [0.25, 0.3) is 0 Å². The molecule has 0 aromatic heterocycles. The first-order chi connectivity index (χ1) is 9.98. The minimum Gasteiger partial charge on any atom is -0.373 e. The normalized spacial score (nSPS) is 13.2. The highest BCUT2D eigenvalue weighted by molar-refractivity contribution is 6.67. The van der Waals surface area contributed by atoms with Gasteiger partial charge in [0.2, 0.25) is 0 Å². The maximum Gasteiger partial charge on any atom is 0.512 e. The summed E-state index contributed by atoms with van der Waals surface area (Å²) in [5, 5.41) is 0. The monoisotopic (exact) mass is 316 g/mol. The summed E-state index contributed by atoms with van der Waals surface area (Å²) >= 11 is 0. The van der Waals surface area contributed by atoms with Crippen LogP contribution in [-0.4, -0.2) is 34.4 Å². The topological polar surface area (TPSA) is 44.8 Å². The van der Waals surface area contributed by atoms with Gasteiger partial charge < -0.3 is 13.3 Å². The molecule has 0 aromatic rings. The lowest BCUT2D eigenvalue weighted by atomic mass is 10.1. The van der Waals surface area contributed by atoms with E-state index >= 15 is 0 Å². The second-order valence-electron chi connectivity index (χ2n) is 5.25. The Labute approximate surface area is 131 Å². The summed E-state index contributed by atoms with van der Waals surface area (Å²) in [6.45, 7) is 15.3. The Hall–Kier alpha value is -0.493. The molecule has 0 radical (unpaired) electrons. The number of hydrogen-bond donors (Lipinski definition) is 0. The first-order valence-electron chi connectivity index (χ1n) is 8.10. The van der Waals surface area contributed by atoms with Crippen molar-refractivity contribution in [3.8, 4) is 0 Å². The minimum atomic E-state index is -3.02. The van der Waals surface area contributed by atoms with E-state index in [1.165, 1.54) is 0 Å². The number of carbonyl (C=O) groups is 1. The summed E-state index contributed by atoms with van der Waals surface area (Å²) in [6, 6.07) is 0. The summed E-state index contributed by atoms with van der Waals surface area (Å²) in [7, 11) is -3.02. The Morgan fingerprint density at radius 1 is 0.952 bits per heavy atom. The van der Waals surface area contributed by atoms with E-state index in [9.17, 15) is 4.79 Å². The van der Waals surface area contributed by atoms with Gasteiger partial charge in [-0.25, -0.2) is 0 Å². The molecular weight excluding hydrogens is 284 g/mol. The molecule has 0 spiro atoms. The quantitative estimate of drug-likeness (QED) is 0.378. The van der Waals surface area contributed by atoms with E-state index in [1.807, 2.05) is 27.7 Å². The van der Waals surface area contributed by atoms with E-state index < -0.39 is 8.80 Å². The molecule has 0 aliphatic heterocycles. The fourth-order valence-corrected chi connectivity index (χ4v) is 5.44. The van der Waals surface area contributed by atoms with Crippen molar-refractivity contribution in [2.75, 3.05) is 19.8 Å². The first-order valence-corrected chi connectivity index (χ1v) is 9.90. The molecule has 0 saturated heterocycles. The van der Waals surface area contributed by atoms with Crippen LogP contribution in [0.3, 0.4) is 0 Å². The Morgan fingerprint density at radius 2 is 1.33 bits per heavy atom. The van der Waals surface area contributed by atoms with Gasteiger partial charge >= 0.3 is 8.80 Å². The summed E-state index contributed by atoms with van der Waals surface area (Å²) < 4.78 is 18.1. The van der Waals surface area contributed by atoms with Gasteiger partial charge in [0.15, 0.2) is 5.78 Å². The zero-order valence-corrected chi connectivity index (χ0v) is 15.4. The molecule has 21 heavy (non-hydrogen) atoms. The van der Waals surface area contributed by atoms with Crippen LogP contribution in [0.4, 0.5) is 0 Å². The number of rotatable bonds is 13. The third kappa shape index (κ3) is 6.42. The average Bonchev–Trinajstić information content (AvgIpc) is 2.48. The molecule has 0 saturated carbocycles. The lowest BCUT2D eigenvalue weighted by Crippen LogP contribution is -2.53. The maximum atomic E-state index is 12.5. The number of Topliss-reactive ketones (excluding diaryl/α,β-unsaturated/α-hetero) is 1. The standard InChI is InChI=1S/C16H32O4Si/c1-7-11-18-21(19-12-8-2,20-13-9-3)15(10-4)16(17)14(5)6/h15H,5,7-13H2,1-4,6H3. The number of allylic oxidation sites excluding steroid dienone is 1. The summed E-state index contributed by atoms with van der Waals surface area (Å²) in [5.74, 6) is 0.00692. The third-order valence-electron chi connectivity index (χ3n) is 3.09. The molecule has 0 heterocycles. The van der Waals surface area contributed by atoms with E-state index in [0.717, 1.165) is 19.3 Å². The third-order valence-corrected chi connectivity index (χ3v) is 6.44. The van der Waals surface area contributed by atoms with Gasteiger partial charge in [-0.05, 0) is 38.2 Å². The highest BCUT2D eigenvalue weighted by Gasteiger charge is 2.52. The zero-order chi connectivity index (χ0) is 16.3. The first kappa shape index (κ1) is 20.5. The predicted octanol–water partition coefficient (Wildman–Crippen LogP) is 4.13. The van der Waals surface area contributed by atoms with Crippen molar-refractivity contribution in [2.45, 2.75) is 65.8 Å². The molecule has 124 valence electrons. The van der Waals surface area contributed by atoms with E-state index in [-0.39, 0.29) is 11.3 Å². The number of ketones is 1. The van der Waals surface area contributed by atoms with Gasteiger partial charge in [0.1, 0.15) is 0 Å². The van der Waals surface area contributed by atoms with Crippen molar-refractivity contribution in [1.29, 1.82) is 0 Å². The van der Waals surface area contributed by atoms with Crippen LogP contribution in [0.15, 0.2) is 12.2 Å². The molecule has 0 N–H and O–H groups in total. The van der Waals surface area contributed by atoms with E-state index in [0.29, 0.717) is 31.8 Å². The SMILES string of the molecule is C=C(C)C(=O)C(CC)[Si](OCCC)(OCCC)OCCC. The highest BCUT2D eigenvalue weighted by atomic mass is 28.4. The largest absolute Gasteiger partial charge is 0.512 e. The average molecular weight is 317 g/mol.